The molecular weight excluding hydrogens is 244 g/mol. The first-order chi connectivity index (χ1) is 7.43. The van der Waals surface area contributed by atoms with Crippen LogP contribution in [-0.2, 0) is 16.4 Å². The minimum Gasteiger partial charge on any atom is -0.329 e. The second kappa shape index (κ2) is 5.77. The second-order valence-electron chi connectivity index (χ2n) is 3.84. The molecule has 1 aromatic rings. The van der Waals surface area contributed by atoms with Crippen LogP contribution in [0.5, 0.6) is 0 Å². The number of hydrogen-bond donors (Lipinski definition) is 2. The van der Waals surface area contributed by atoms with Crippen molar-refractivity contribution in [2.45, 2.75) is 26.3 Å². The predicted octanol–water partition coefficient (Wildman–Crippen LogP) is 0.866. The Bertz CT molecular complexity index is 426. The molecule has 0 amide bonds. The third kappa shape index (κ3) is 4.61. The van der Waals surface area contributed by atoms with Crippen molar-refractivity contribution in [3.8, 4) is 0 Å². The Morgan fingerprint density at radius 1 is 1.50 bits per heavy atom. The Kier molecular flexibility index (Phi) is 4.91. The maximum absolute atomic E-state index is 11.4. The van der Waals surface area contributed by atoms with Gasteiger partial charge < -0.3 is 5.73 Å². The van der Waals surface area contributed by atoms with Crippen molar-refractivity contribution in [3.05, 3.63) is 21.9 Å². The molecule has 0 aliphatic carbocycles. The Hall–Kier alpha value is -0.430. The molecular formula is C10H18N2O2S2. The zero-order valence-electron chi connectivity index (χ0n) is 9.56. The monoisotopic (exact) mass is 262 g/mol. The van der Waals surface area contributed by atoms with Crippen molar-refractivity contribution in [1.82, 2.24) is 4.72 Å². The highest BCUT2D eigenvalue weighted by atomic mass is 32.2. The summed E-state index contributed by atoms with van der Waals surface area (Å²) in [5.41, 5.74) is 5.23. The quantitative estimate of drug-likeness (QED) is 0.799. The van der Waals surface area contributed by atoms with Crippen molar-refractivity contribution in [2.75, 3.05) is 12.3 Å². The van der Waals surface area contributed by atoms with Crippen LogP contribution in [0, 0.1) is 6.92 Å². The first kappa shape index (κ1) is 13.6. The van der Waals surface area contributed by atoms with Gasteiger partial charge in [0, 0.05) is 22.3 Å². The van der Waals surface area contributed by atoms with Crippen LogP contribution in [0.2, 0.25) is 0 Å². The van der Waals surface area contributed by atoms with E-state index in [-0.39, 0.29) is 18.3 Å². The minimum absolute atomic E-state index is 0.0131. The van der Waals surface area contributed by atoms with Gasteiger partial charge in [-0.1, -0.05) is 0 Å². The highest BCUT2D eigenvalue weighted by Crippen LogP contribution is 2.16. The number of sulfonamides is 1. The molecule has 1 rings (SSSR count). The Morgan fingerprint density at radius 2 is 2.19 bits per heavy atom. The molecule has 1 atom stereocenters. The molecule has 1 heterocycles. The lowest BCUT2D eigenvalue weighted by molar-refractivity contribution is 0.560. The van der Waals surface area contributed by atoms with Gasteiger partial charge in [0.05, 0.1) is 5.75 Å². The maximum Gasteiger partial charge on any atom is 0.213 e. The van der Waals surface area contributed by atoms with E-state index in [2.05, 4.69) is 4.72 Å². The first-order valence-electron chi connectivity index (χ1n) is 5.18. The van der Waals surface area contributed by atoms with Gasteiger partial charge in [0.2, 0.25) is 10.0 Å². The van der Waals surface area contributed by atoms with Crippen molar-refractivity contribution in [3.63, 3.8) is 0 Å². The average Bonchev–Trinajstić information content (AvgIpc) is 2.49. The van der Waals surface area contributed by atoms with Crippen LogP contribution in [0.25, 0.3) is 0 Å². The lowest BCUT2D eigenvalue weighted by Crippen LogP contribution is -2.37. The van der Waals surface area contributed by atoms with Gasteiger partial charge in [-0.15, -0.1) is 11.3 Å². The predicted molar refractivity (Wildman–Crippen MR) is 68.2 cm³/mol. The number of hydrogen-bond acceptors (Lipinski definition) is 4. The topological polar surface area (TPSA) is 72.2 Å². The average molecular weight is 262 g/mol. The van der Waals surface area contributed by atoms with Gasteiger partial charge in [0.25, 0.3) is 0 Å². The van der Waals surface area contributed by atoms with Crippen LogP contribution in [0.15, 0.2) is 12.1 Å². The molecule has 1 unspecified atom stereocenters. The van der Waals surface area contributed by atoms with Crippen LogP contribution >= 0.6 is 11.3 Å². The Labute approximate surface area is 101 Å². The van der Waals surface area contributed by atoms with E-state index in [4.69, 9.17) is 5.73 Å². The number of nitrogens with one attached hydrogen (secondary N) is 1. The fourth-order valence-electron chi connectivity index (χ4n) is 1.46. The third-order valence-corrected chi connectivity index (χ3v) is 4.63. The van der Waals surface area contributed by atoms with Crippen LogP contribution < -0.4 is 10.5 Å². The zero-order valence-corrected chi connectivity index (χ0v) is 11.2. The maximum atomic E-state index is 11.4. The standard InChI is InChI=1S/C10H18N2O2S2/c1-8(12-16(13,14)6-5-11)7-10-4-3-9(2)15-10/h3-4,8,12H,5-7,11H2,1-2H3. The molecule has 0 saturated heterocycles. The van der Waals surface area contributed by atoms with E-state index < -0.39 is 10.0 Å². The molecule has 92 valence electrons. The van der Waals surface area contributed by atoms with E-state index in [1.807, 2.05) is 26.0 Å². The molecule has 0 bridgehead atoms. The molecule has 4 nitrogen and oxygen atoms in total. The second-order valence-corrected chi connectivity index (χ2v) is 7.09. The lowest BCUT2D eigenvalue weighted by Gasteiger charge is -2.12. The molecule has 16 heavy (non-hydrogen) atoms. The number of rotatable bonds is 6. The summed E-state index contributed by atoms with van der Waals surface area (Å²) in [5.74, 6) is -0.0131. The van der Waals surface area contributed by atoms with E-state index in [1.54, 1.807) is 11.3 Å². The number of aryl methyl sites for hydroxylation is 1. The molecule has 0 fully saturated rings. The van der Waals surface area contributed by atoms with E-state index in [0.29, 0.717) is 0 Å². The molecule has 3 N–H and O–H groups in total. The number of thiophene rings is 1. The Balaban J connectivity index is 2.50. The minimum atomic E-state index is -3.21. The zero-order chi connectivity index (χ0) is 12.2. The summed E-state index contributed by atoms with van der Waals surface area (Å²) in [6.07, 6.45) is 0.725. The van der Waals surface area contributed by atoms with Crippen molar-refractivity contribution in [1.29, 1.82) is 0 Å². The summed E-state index contributed by atoms with van der Waals surface area (Å²) in [5, 5.41) is 0. The van der Waals surface area contributed by atoms with Crippen LogP contribution in [-0.4, -0.2) is 26.8 Å². The molecule has 6 heteroatoms. The van der Waals surface area contributed by atoms with Gasteiger partial charge in [0.1, 0.15) is 0 Å². The number of nitrogens with two attached hydrogens (primary N) is 1. The summed E-state index contributed by atoms with van der Waals surface area (Å²) < 4.78 is 25.5. The smallest absolute Gasteiger partial charge is 0.213 e. The van der Waals surface area contributed by atoms with Crippen molar-refractivity contribution < 1.29 is 8.42 Å². The van der Waals surface area contributed by atoms with Gasteiger partial charge in [-0.25, -0.2) is 13.1 Å². The van der Waals surface area contributed by atoms with E-state index in [0.717, 1.165) is 6.42 Å². The lowest BCUT2D eigenvalue weighted by atomic mass is 10.2. The van der Waals surface area contributed by atoms with Crippen LogP contribution in [0.3, 0.4) is 0 Å². The Morgan fingerprint density at radius 3 is 2.69 bits per heavy atom. The van der Waals surface area contributed by atoms with Gasteiger partial charge in [-0.3, -0.25) is 0 Å². The molecule has 0 aromatic carbocycles. The highest BCUT2D eigenvalue weighted by molar-refractivity contribution is 7.89. The molecule has 0 spiro atoms. The summed E-state index contributed by atoms with van der Waals surface area (Å²) in [6.45, 7) is 4.06. The molecule has 0 aliphatic rings. The fraction of sp³-hybridized carbons (Fsp3) is 0.600. The van der Waals surface area contributed by atoms with Gasteiger partial charge >= 0.3 is 0 Å². The van der Waals surface area contributed by atoms with Crippen molar-refractivity contribution in [2.24, 2.45) is 5.73 Å². The largest absolute Gasteiger partial charge is 0.329 e. The van der Waals surface area contributed by atoms with Crippen LogP contribution in [0.4, 0.5) is 0 Å². The molecule has 0 saturated carbocycles. The van der Waals surface area contributed by atoms with Gasteiger partial charge in [-0.05, 0) is 32.4 Å². The van der Waals surface area contributed by atoms with Crippen LogP contribution in [0.1, 0.15) is 16.7 Å². The summed E-state index contributed by atoms with van der Waals surface area (Å²) >= 11 is 1.70. The molecule has 1 aromatic heterocycles. The molecule has 0 aliphatic heterocycles. The van der Waals surface area contributed by atoms with E-state index >= 15 is 0 Å². The van der Waals surface area contributed by atoms with E-state index in [9.17, 15) is 8.42 Å². The normalized spacial score (nSPS) is 13.9. The summed E-state index contributed by atoms with van der Waals surface area (Å²) in [7, 11) is -3.21. The highest BCUT2D eigenvalue weighted by Gasteiger charge is 2.14. The van der Waals surface area contributed by atoms with Gasteiger partial charge in [0.15, 0.2) is 0 Å². The SMILES string of the molecule is Cc1ccc(CC(C)NS(=O)(=O)CCN)s1. The van der Waals surface area contributed by atoms with Crippen molar-refractivity contribution >= 4 is 21.4 Å². The third-order valence-electron chi connectivity index (χ3n) is 2.07. The fourth-order valence-corrected chi connectivity index (χ4v) is 3.60. The summed E-state index contributed by atoms with van der Waals surface area (Å²) in [4.78, 5) is 2.44. The molecule has 0 radical (unpaired) electrons. The summed E-state index contributed by atoms with van der Waals surface area (Å²) in [6, 6.07) is 3.99. The first-order valence-corrected chi connectivity index (χ1v) is 7.65. The van der Waals surface area contributed by atoms with Gasteiger partial charge in [-0.2, -0.15) is 0 Å². The van der Waals surface area contributed by atoms with E-state index in [1.165, 1.54) is 9.75 Å².